The third kappa shape index (κ3) is 3.48. The van der Waals surface area contributed by atoms with Crippen LogP contribution >= 0.6 is 0 Å². The number of carbonyl (C=O) groups excluding carboxylic acids is 2. The molecule has 2 aliphatic heterocycles. The maximum Gasteiger partial charge on any atom is 0.237 e. The summed E-state index contributed by atoms with van der Waals surface area (Å²) in [6.07, 6.45) is 1.83. The fourth-order valence-electron chi connectivity index (χ4n) is 1.88. The second kappa shape index (κ2) is 5.84. The smallest absolute Gasteiger partial charge is 0.237 e. The zero-order chi connectivity index (χ0) is 12.1. The largest absolute Gasteiger partial charge is 0.343 e. The van der Waals surface area contributed by atoms with E-state index in [0.717, 1.165) is 32.6 Å². The van der Waals surface area contributed by atoms with Gasteiger partial charge in [0.1, 0.15) is 0 Å². The molecule has 2 rings (SSSR count). The van der Waals surface area contributed by atoms with E-state index < -0.39 is 0 Å². The van der Waals surface area contributed by atoms with Crippen LogP contribution in [0, 0.1) is 0 Å². The van der Waals surface area contributed by atoms with Crippen LogP contribution in [0.15, 0.2) is 0 Å². The van der Waals surface area contributed by atoms with Crippen LogP contribution in [-0.4, -0.2) is 66.9 Å². The van der Waals surface area contributed by atoms with Gasteiger partial charge in [0.15, 0.2) is 0 Å². The summed E-state index contributed by atoms with van der Waals surface area (Å²) in [6.45, 7) is 5.24. The molecule has 2 heterocycles. The van der Waals surface area contributed by atoms with Crippen LogP contribution in [-0.2, 0) is 9.59 Å². The first-order chi connectivity index (χ1) is 7.54. The first kappa shape index (κ1) is 13.0. The third-order valence-electron chi connectivity index (χ3n) is 2.84. The maximum atomic E-state index is 10.7. The number of carbonyl (C=O) groups is 2. The fourth-order valence-corrected chi connectivity index (χ4v) is 1.88. The van der Waals surface area contributed by atoms with E-state index in [2.05, 4.69) is 0 Å². The summed E-state index contributed by atoms with van der Waals surface area (Å²) in [6, 6.07) is 0. The van der Waals surface area contributed by atoms with Crippen molar-refractivity contribution in [3.63, 3.8) is 0 Å². The summed E-state index contributed by atoms with van der Waals surface area (Å²) in [4.78, 5) is 27.0. The highest BCUT2D eigenvalue weighted by atomic mass is 16.2. The van der Waals surface area contributed by atoms with Gasteiger partial charge in [0.2, 0.25) is 11.8 Å². The van der Waals surface area contributed by atoms with E-state index in [1.54, 1.807) is 4.90 Å². The van der Waals surface area contributed by atoms with Crippen LogP contribution in [0.4, 0.5) is 0 Å². The molecular weight excluding hydrogens is 206 g/mol. The van der Waals surface area contributed by atoms with E-state index in [1.165, 1.54) is 0 Å². The van der Waals surface area contributed by atoms with E-state index in [9.17, 15) is 9.59 Å². The van der Waals surface area contributed by atoms with Crippen LogP contribution in [0.25, 0.3) is 0 Å². The lowest BCUT2D eigenvalue weighted by molar-refractivity contribution is -0.127. The highest BCUT2D eigenvalue weighted by Gasteiger charge is 2.19. The fraction of sp³-hybridized carbons (Fsp3) is 0.818. The van der Waals surface area contributed by atoms with Crippen molar-refractivity contribution in [3.8, 4) is 0 Å². The summed E-state index contributed by atoms with van der Waals surface area (Å²) in [5, 5.41) is 0. The molecule has 2 aliphatic rings. The van der Waals surface area contributed by atoms with Crippen molar-refractivity contribution in [2.75, 3.05) is 40.4 Å². The summed E-state index contributed by atoms with van der Waals surface area (Å²) >= 11 is 0. The van der Waals surface area contributed by atoms with Crippen molar-refractivity contribution in [2.24, 2.45) is 0 Å². The van der Waals surface area contributed by atoms with Gasteiger partial charge in [0, 0.05) is 26.6 Å². The predicted molar refractivity (Wildman–Crippen MR) is 61.8 cm³/mol. The van der Waals surface area contributed by atoms with Gasteiger partial charge in [-0.25, -0.2) is 0 Å². The van der Waals surface area contributed by atoms with E-state index in [4.69, 9.17) is 0 Å². The average molecular weight is 227 g/mol. The first-order valence-electron chi connectivity index (χ1n) is 5.75. The molecule has 0 aromatic carbocycles. The standard InChI is InChI=1S/C6H11NO.C5H10N2O/c1-2-7-5-3-4-6(7)8;1-6-3-5(8)7(2)4-6/h2-5H2,1H3;3-4H2,1-2H3. The molecule has 92 valence electrons. The molecule has 0 aromatic heterocycles. The molecule has 0 atom stereocenters. The molecule has 0 unspecified atom stereocenters. The van der Waals surface area contributed by atoms with Gasteiger partial charge in [-0.2, -0.15) is 0 Å². The Bertz CT molecular complexity index is 266. The SMILES string of the molecule is CCN1CCCC1=O.CN1CC(=O)N(C)C1. The maximum absolute atomic E-state index is 10.7. The normalized spacial score (nSPS) is 21.4. The Morgan fingerprint density at radius 1 is 1.19 bits per heavy atom. The lowest BCUT2D eigenvalue weighted by Gasteiger charge is -2.10. The number of likely N-dealkylation sites (N-methyl/N-ethyl adjacent to an activating group) is 2. The lowest BCUT2D eigenvalue weighted by atomic mass is 10.4. The summed E-state index contributed by atoms with van der Waals surface area (Å²) < 4.78 is 0. The van der Waals surface area contributed by atoms with Gasteiger partial charge >= 0.3 is 0 Å². The van der Waals surface area contributed by atoms with Gasteiger partial charge in [-0.1, -0.05) is 0 Å². The van der Waals surface area contributed by atoms with Gasteiger partial charge in [-0.15, -0.1) is 0 Å². The molecule has 0 aromatic rings. The minimum absolute atomic E-state index is 0.215. The molecule has 0 radical (unpaired) electrons. The Kier molecular flexibility index (Phi) is 4.73. The molecule has 2 saturated heterocycles. The monoisotopic (exact) mass is 227 g/mol. The summed E-state index contributed by atoms with van der Waals surface area (Å²) in [7, 11) is 3.74. The Hall–Kier alpha value is -1.10. The summed E-state index contributed by atoms with van der Waals surface area (Å²) in [5.74, 6) is 0.542. The number of amides is 2. The number of hydrogen-bond acceptors (Lipinski definition) is 3. The highest BCUT2D eigenvalue weighted by molar-refractivity contribution is 5.79. The van der Waals surface area contributed by atoms with E-state index in [0.29, 0.717) is 12.5 Å². The zero-order valence-electron chi connectivity index (χ0n) is 10.4. The molecule has 0 bridgehead atoms. The van der Waals surface area contributed by atoms with Gasteiger partial charge < -0.3 is 9.80 Å². The second-order valence-corrected chi connectivity index (χ2v) is 4.32. The van der Waals surface area contributed by atoms with Crippen LogP contribution in [0.2, 0.25) is 0 Å². The minimum atomic E-state index is 0.215. The molecule has 0 saturated carbocycles. The van der Waals surface area contributed by atoms with Gasteiger partial charge in [-0.05, 0) is 20.4 Å². The number of likely N-dealkylation sites (tertiary alicyclic amines) is 1. The first-order valence-corrected chi connectivity index (χ1v) is 5.75. The molecule has 5 heteroatoms. The van der Waals surface area contributed by atoms with Gasteiger partial charge in [0.05, 0.1) is 13.2 Å². The minimum Gasteiger partial charge on any atom is -0.343 e. The van der Waals surface area contributed by atoms with E-state index in [-0.39, 0.29) is 5.91 Å². The lowest BCUT2D eigenvalue weighted by Crippen LogP contribution is -2.23. The molecular formula is C11H21N3O2. The van der Waals surface area contributed by atoms with Crippen LogP contribution < -0.4 is 0 Å². The molecule has 0 spiro atoms. The second-order valence-electron chi connectivity index (χ2n) is 4.32. The molecule has 0 aliphatic carbocycles. The topological polar surface area (TPSA) is 43.9 Å². The number of rotatable bonds is 1. The van der Waals surface area contributed by atoms with Crippen molar-refractivity contribution in [1.29, 1.82) is 0 Å². The van der Waals surface area contributed by atoms with E-state index in [1.807, 2.05) is 30.8 Å². The average Bonchev–Trinajstić information content (AvgIpc) is 2.75. The number of nitrogens with zero attached hydrogens (tertiary/aromatic N) is 3. The van der Waals surface area contributed by atoms with Crippen molar-refractivity contribution in [3.05, 3.63) is 0 Å². The molecule has 2 amide bonds. The Balaban J connectivity index is 0.000000160. The van der Waals surface area contributed by atoms with Gasteiger partial charge in [0.25, 0.3) is 0 Å². The number of hydrogen-bond donors (Lipinski definition) is 0. The highest BCUT2D eigenvalue weighted by Crippen LogP contribution is 2.07. The van der Waals surface area contributed by atoms with Crippen molar-refractivity contribution >= 4 is 11.8 Å². The Morgan fingerprint density at radius 2 is 1.88 bits per heavy atom. The van der Waals surface area contributed by atoms with Crippen molar-refractivity contribution in [2.45, 2.75) is 19.8 Å². The predicted octanol–water partition coefficient (Wildman–Crippen LogP) is -0.0236. The molecule has 0 N–H and O–H groups in total. The third-order valence-corrected chi connectivity index (χ3v) is 2.84. The van der Waals surface area contributed by atoms with Crippen LogP contribution in [0.1, 0.15) is 19.8 Å². The van der Waals surface area contributed by atoms with Crippen LogP contribution in [0.5, 0.6) is 0 Å². The molecule has 5 nitrogen and oxygen atoms in total. The van der Waals surface area contributed by atoms with Crippen molar-refractivity contribution in [1.82, 2.24) is 14.7 Å². The zero-order valence-corrected chi connectivity index (χ0v) is 10.4. The van der Waals surface area contributed by atoms with E-state index >= 15 is 0 Å². The van der Waals surface area contributed by atoms with Crippen LogP contribution in [0.3, 0.4) is 0 Å². The quantitative estimate of drug-likeness (QED) is 0.632. The summed E-state index contributed by atoms with van der Waals surface area (Å²) in [5.41, 5.74) is 0. The van der Waals surface area contributed by atoms with Gasteiger partial charge in [-0.3, -0.25) is 14.5 Å². The van der Waals surface area contributed by atoms with Crippen molar-refractivity contribution < 1.29 is 9.59 Å². The molecule has 16 heavy (non-hydrogen) atoms. The Labute approximate surface area is 97.0 Å². The Morgan fingerprint density at radius 3 is 2.06 bits per heavy atom. The molecule has 2 fully saturated rings.